The van der Waals surface area contributed by atoms with Crippen molar-refractivity contribution in [1.82, 2.24) is 10.2 Å². The van der Waals surface area contributed by atoms with E-state index in [2.05, 4.69) is 60.4 Å². The van der Waals surface area contributed by atoms with Crippen LogP contribution in [0.15, 0.2) is 36.4 Å². The molecule has 2 heteroatoms. The Labute approximate surface area is 172 Å². The molecule has 28 heavy (non-hydrogen) atoms. The summed E-state index contributed by atoms with van der Waals surface area (Å²) in [6, 6.07) is 13.3. The van der Waals surface area contributed by atoms with Gasteiger partial charge in [-0.2, -0.15) is 10.2 Å². The molecule has 0 radical (unpaired) electrons. The van der Waals surface area contributed by atoms with E-state index in [9.17, 15) is 0 Å². The summed E-state index contributed by atoms with van der Waals surface area (Å²) < 4.78 is 0. The van der Waals surface area contributed by atoms with Gasteiger partial charge in [-0.05, 0) is 55.2 Å². The van der Waals surface area contributed by atoms with E-state index in [1.807, 2.05) is 0 Å². The Hall–Kier alpha value is -1.70. The van der Waals surface area contributed by atoms with Gasteiger partial charge in [0, 0.05) is 5.56 Å². The molecule has 2 nitrogen and oxygen atoms in total. The van der Waals surface area contributed by atoms with Crippen molar-refractivity contribution in [3.05, 3.63) is 47.7 Å². The number of aryl methyl sites for hydroxylation is 2. The molecule has 0 bridgehead atoms. The maximum atomic E-state index is 4.47. The van der Waals surface area contributed by atoms with Crippen molar-refractivity contribution in [3.63, 3.8) is 0 Å². The van der Waals surface area contributed by atoms with Gasteiger partial charge in [-0.3, -0.25) is 0 Å². The van der Waals surface area contributed by atoms with Crippen molar-refractivity contribution >= 4 is 0 Å². The minimum atomic E-state index is 0.941. The largest absolute Gasteiger partial charge is 0.155 e. The molecule has 0 amide bonds. The zero-order valence-corrected chi connectivity index (χ0v) is 18.0. The van der Waals surface area contributed by atoms with E-state index in [0.717, 1.165) is 29.6 Å². The first-order chi connectivity index (χ1) is 13.7. The van der Waals surface area contributed by atoms with Gasteiger partial charge in [-0.1, -0.05) is 89.5 Å². The predicted octanol–water partition coefficient (Wildman–Crippen LogP) is 7.42. The first-order valence-electron chi connectivity index (χ1n) is 11.7. The van der Waals surface area contributed by atoms with Crippen LogP contribution in [0.2, 0.25) is 0 Å². The number of benzene rings is 1. The number of nitrogens with zero attached hydrogens (tertiary/aromatic N) is 2. The van der Waals surface area contributed by atoms with E-state index >= 15 is 0 Å². The molecule has 1 aliphatic rings. The quantitative estimate of drug-likeness (QED) is 0.402. The second-order valence-corrected chi connectivity index (χ2v) is 8.94. The Balaban J connectivity index is 1.45. The molecule has 0 saturated heterocycles. The summed E-state index contributed by atoms with van der Waals surface area (Å²) in [7, 11) is 0. The van der Waals surface area contributed by atoms with Crippen LogP contribution in [0.5, 0.6) is 0 Å². The smallest absolute Gasteiger partial charge is 0.0929 e. The molecule has 1 heterocycles. The Kier molecular flexibility index (Phi) is 8.51. The Morgan fingerprint density at radius 3 is 2.21 bits per heavy atom. The summed E-state index contributed by atoms with van der Waals surface area (Å²) in [6.07, 6.45) is 15.8. The van der Waals surface area contributed by atoms with Crippen LogP contribution < -0.4 is 0 Å². The van der Waals surface area contributed by atoms with Crippen molar-refractivity contribution in [3.8, 4) is 11.3 Å². The third-order valence-corrected chi connectivity index (χ3v) is 6.48. The lowest BCUT2D eigenvalue weighted by Gasteiger charge is -2.26. The standard InChI is InChI=1S/C26H38N2/c1-3-4-5-6-7-8-25-19-20-26(28-27-25)24-17-15-23(16-18-24)14-13-22-11-9-21(2)10-12-22/h15-22H,3-14H2,1-2H3. The molecule has 3 rings (SSSR count). The normalized spacial score (nSPS) is 19.6. The molecule has 2 aromatic rings. The molecule has 0 aliphatic heterocycles. The lowest BCUT2D eigenvalue weighted by atomic mass is 9.80. The number of aromatic nitrogens is 2. The van der Waals surface area contributed by atoms with E-state index in [1.165, 1.54) is 81.8 Å². The van der Waals surface area contributed by atoms with Crippen LogP contribution >= 0.6 is 0 Å². The molecule has 152 valence electrons. The van der Waals surface area contributed by atoms with Crippen LogP contribution in [0.1, 0.15) is 89.3 Å². The van der Waals surface area contributed by atoms with Crippen LogP contribution in [-0.2, 0) is 12.8 Å². The molecule has 1 aromatic carbocycles. The lowest BCUT2D eigenvalue weighted by Crippen LogP contribution is -2.12. The molecule has 1 saturated carbocycles. The second-order valence-electron chi connectivity index (χ2n) is 8.94. The molecule has 1 aromatic heterocycles. The van der Waals surface area contributed by atoms with Gasteiger partial charge in [0.2, 0.25) is 0 Å². The molecule has 0 unspecified atom stereocenters. The van der Waals surface area contributed by atoms with Gasteiger partial charge < -0.3 is 0 Å². The predicted molar refractivity (Wildman–Crippen MR) is 119 cm³/mol. The van der Waals surface area contributed by atoms with Crippen molar-refractivity contribution in [2.24, 2.45) is 11.8 Å². The average Bonchev–Trinajstić information content (AvgIpc) is 2.74. The minimum Gasteiger partial charge on any atom is -0.155 e. The van der Waals surface area contributed by atoms with Crippen LogP contribution in [0.3, 0.4) is 0 Å². The Morgan fingerprint density at radius 1 is 0.786 bits per heavy atom. The van der Waals surface area contributed by atoms with E-state index in [1.54, 1.807) is 0 Å². The third-order valence-electron chi connectivity index (χ3n) is 6.48. The average molecular weight is 379 g/mol. The van der Waals surface area contributed by atoms with Gasteiger partial charge in [0.25, 0.3) is 0 Å². The van der Waals surface area contributed by atoms with E-state index in [-0.39, 0.29) is 0 Å². The van der Waals surface area contributed by atoms with Crippen molar-refractivity contribution in [2.45, 2.75) is 90.9 Å². The Bertz CT molecular complexity index is 667. The topological polar surface area (TPSA) is 25.8 Å². The monoisotopic (exact) mass is 378 g/mol. The molecular formula is C26H38N2. The minimum absolute atomic E-state index is 0.941. The van der Waals surface area contributed by atoms with E-state index < -0.39 is 0 Å². The van der Waals surface area contributed by atoms with Gasteiger partial charge in [0.15, 0.2) is 0 Å². The summed E-state index contributed by atoms with van der Waals surface area (Å²) in [5, 5.41) is 8.92. The van der Waals surface area contributed by atoms with Gasteiger partial charge in [0.05, 0.1) is 11.4 Å². The summed E-state index contributed by atoms with van der Waals surface area (Å²) in [5.74, 6) is 1.89. The number of unbranched alkanes of at least 4 members (excludes halogenated alkanes) is 4. The summed E-state index contributed by atoms with van der Waals surface area (Å²) in [6.45, 7) is 4.66. The maximum absolute atomic E-state index is 4.47. The van der Waals surface area contributed by atoms with Gasteiger partial charge in [0.1, 0.15) is 0 Å². The summed E-state index contributed by atoms with van der Waals surface area (Å²) in [5.41, 5.74) is 4.75. The van der Waals surface area contributed by atoms with Crippen molar-refractivity contribution in [1.29, 1.82) is 0 Å². The molecular weight excluding hydrogens is 340 g/mol. The highest BCUT2D eigenvalue weighted by molar-refractivity contribution is 5.58. The number of hydrogen-bond donors (Lipinski definition) is 0. The lowest BCUT2D eigenvalue weighted by molar-refractivity contribution is 0.278. The summed E-state index contributed by atoms with van der Waals surface area (Å²) in [4.78, 5) is 0. The molecule has 1 aliphatic carbocycles. The van der Waals surface area contributed by atoms with Crippen LogP contribution in [-0.4, -0.2) is 10.2 Å². The third kappa shape index (κ3) is 6.72. The first kappa shape index (κ1) is 21.0. The molecule has 0 spiro atoms. The van der Waals surface area contributed by atoms with Crippen LogP contribution in [0, 0.1) is 11.8 Å². The fourth-order valence-corrected chi connectivity index (χ4v) is 4.39. The van der Waals surface area contributed by atoms with Crippen molar-refractivity contribution in [2.75, 3.05) is 0 Å². The Morgan fingerprint density at radius 2 is 1.54 bits per heavy atom. The van der Waals surface area contributed by atoms with Gasteiger partial charge in [-0.25, -0.2) is 0 Å². The number of hydrogen-bond acceptors (Lipinski definition) is 2. The highest BCUT2D eigenvalue weighted by Crippen LogP contribution is 2.31. The molecule has 1 fully saturated rings. The van der Waals surface area contributed by atoms with Gasteiger partial charge in [-0.15, -0.1) is 0 Å². The second kappa shape index (κ2) is 11.3. The molecule has 0 atom stereocenters. The fraction of sp³-hybridized carbons (Fsp3) is 0.615. The van der Waals surface area contributed by atoms with Crippen LogP contribution in [0.25, 0.3) is 11.3 Å². The van der Waals surface area contributed by atoms with E-state index in [0.29, 0.717) is 0 Å². The van der Waals surface area contributed by atoms with Crippen LogP contribution in [0.4, 0.5) is 0 Å². The van der Waals surface area contributed by atoms with Gasteiger partial charge >= 0.3 is 0 Å². The first-order valence-corrected chi connectivity index (χ1v) is 11.7. The van der Waals surface area contributed by atoms with E-state index in [4.69, 9.17) is 0 Å². The SMILES string of the molecule is CCCCCCCc1ccc(-c2ccc(CCC3CCC(C)CC3)cc2)nn1. The van der Waals surface area contributed by atoms with Crippen molar-refractivity contribution < 1.29 is 0 Å². The zero-order chi connectivity index (χ0) is 19.6. The zero-order valence-electron chi connectivity index (χ0n) is 18.0. The molecule has 0 N–H and O–H groups in total. The highest BCUT2D eigenvalue weighted by atomic mass is 15.1. The highest BCUT2D eigenvalue weighted by Gasteiger charge is 2.17. The fourth-order valence-electron chi connectivity index (χ4n) is 4.39. The maximum Gasteiger partial charge on any atom is 0.0929 e. The summed E-state index contributed by atoms with van der Waals surface area (Å²) >= 11 is 0. The number of rotatable bonds is 10.